The van der Waals surface area contributed by atoms with Crippen molar-refractivity contribution in [2.75, 3.05) is 18.5 Å². The Balaban J connectivity index is 1.97. The Morgan fingerprint density at radius 2 is 2.23 bits per heavy atom. The molecule has 0 aliphatic carbocycles. The molecule has 0 saturated carbocycles. The van der Waals surface area contributed by atoms with Gasteiger partial charge in [-0.25, -0.2) is 0 Å². The number of nitrogens with one attached hydrogen (secondary N) is 1. The van der Waals surface area contributed by atoms with Crippen LogP contribution in [-0.4, -0.2) is 34.0 Å². The topological polar surface area (TPSA) is 108 Å². The zero-order valence-corrected chi connectivity index (χ0v) is 15.1. The van der Waals surface area contributed by atoms with Crippen molar-refractivity contribution in [1.29, 1.82) is 0 Å². The van der Waals surface area contributed by atoms with Gasteiger partial charge in [-0.15, -0.1) is 0 Å². The Kier molecular flexibility index (Phi) is 5.24. The van der Waals surface area contributed by atoms with Crippen LogP contribution in [0.3, 0.4) is 0 Å². The molecule has 26 heavy (non-hydrogen) atoms. The molecule has 0 atom stereocenters. The second-order valence-corrected chi connectivity index (χ2v) is 5.97. The van der Waals surface area contributed by atoms with Crippen LogP contribution >= 0.6 is 11.6 Å². The first kappa shape index (κ1) is 18.0. The number of carbonyl (C=O) groups excluding carboxylic acids is 1. The number of carbonyl (C=O) groups is 1. The first-order valence-corrected chi connectivity index (χ1v) is 8.26. The van der Waals surface area contributed by atoms with Crippen molar-refractivity contribution in [1.82, 2.24) is 14.9 Å². The fraction of sp³-hybridized carbons (Fsp3) is 0.235. The van der Waals surface area contributed by atoms with Gasteiger partial charge in [-0.2, -0.15) is 5.10 Å². The summed E-state index contributed by atoms with van der Waals surface area (Å²) in [6.45, 7) is 2.41. The van der Waals surface area contributed by atoms with E-state index in [1.807, 2.05) is 0 Å². The zero-order chi connectivity index (χ0) is 18.7. The van der Waals surface area contributed by atoms with Crippen molar-refractivity contribution in [3.63, 3.8) is 0 Å². The second-order valence-electron chi connectivity index (χ2n) is 5.56. The largest absolute Gasteiger partial charge is 0.492 e. The highest BCUT2D eigenvalue weighted by Gasteiger charge is 2.18. The number of rotatable bonds is 6. The van der Waals surface area contributed by atoms with E-state index in [-0.39, 0.29) is 5.91 Å². The van der Waals surface area contributed by atoms with Crippen molar-refractivity contribution in [3.05, 3.63) is 46.9 Å². The van der Waals surface area contributed by atoms with Crippen LogP contribution in [0.2, 0.25) is 5.02 Å². The number of aromatic nitrogens is 3. The van der Waals surface area contributed by atoms with Crippen LogP contribution in [0.1, 0.15) is 16.1 Å². The molecule has 0 saturated heterocycles. The molecule has 2 heterocycles. The van der Waals surface area contributed by atoms with Gasteiger partial charge in [0.1, 0.15) is 23.7 Å². The molecule has 1 aromatic carbocycles. The fourth-order valence-electron chi connectivity index (χ4n) is 2.52. The van der Waals surface area contributed by atoms with E-state index >= 15 is 0 Å². The van der Waals surface area contributed by atoms with Gasteiger partial charge in [0.15, 0.2) is 0 Å². The van der Waals surface area contributed by atoms with E-state index in [0.717, 1.165) is 0 Å². The molecule has 3 N–H and O–H groups in total. The first-order chi connectivity index (χ1) is 12.5. The van der Waals surface area contributed by atoms with Crippen molar-refractivity contribution in [2.24, 2.45) is 12.8 Å². The van der Waals surface area contributed by atoms with E-state index in [2.05, 4.69) is 15.6 Å². The Labute approximate surface area is 154 Å². The van der Waals surface area contributed by atoms with Gasteiger partial charge in [0.2, 0.25) is 0 Å². The smallest absolute Gasteiger partial charge is 0.260 e. The summed E-state index contributed by atoms with van der Waals surface area (Å²) < 4.78 is 12.3. The number of aryl methyl sites for hydroxylation is 2. The molecule has 136 valence electrons. The number of nitrogens with zero attached hydrogens (tertiary/aromatic N) is 3. The van der Waals surface area contributed by atoms with Gasteiger partial charge < -0.3 is 20.3 Å². The highest BCUT2D eigenvalue weighted by molar-refractivity contribution is 6.33. The Hall–Kier alpha value is -2.84. The monoisotopic (exact) mass is 375 g/mol. The number of benzene rings is 1. The Morgan fingerprint density at radius 1 is 1.42 bits per heavy atom. The maximum atomic E-state index is 12.4. The van der Waals surface area contributed by atoms with E-state index in [0.29, 0.717) is 52.2 Å². The molecule has 3 aromatic rings. The summed E-state index contributed by atoms with van der Waals surface area (Å²) in [5.41, 5.74) is 7.84. The highest BCUT2D eigenvalue weighted by atomic mass is 35.5. The third kappa shape index (κ3) is 3.56. The molecule has 0 radical (unpaired) electrons. The van der Waals surface area contributed by atoms with Crippen LogP contribution < -0.4 is 15.8 Å². The maximum Gasteiger partial charge on any atom is 0.260 e. The number of hydrogen-bond donors (Lipinski definition) is 2. The molecule has 9 heteroatoms. The molecule has 8 nitrogen and oxygen atoms in total. The summed E-state index contributed by atoms with van der Waals surface area (Å²) in [7, 11) is 1.78. The standard InChI is InChI=1S/C17H18ClN5O3/c1-10-13(8-21-26-10)17(24)22-11-3-4-15(25-6-5-19)12(7-11)16-14(18)9-20-23(16)2/h3-4,7-9H,5-6,19H2,1-2H3,(H,22,24). The van der Waals surface area contributed by atoms with Crippen LogP contribution in [0.4, 0.5) is 5.69 Å². The molecule has 0 bridgehead atoms. The Bertz CT molecular complexity index is 915. The van der Waals surface area contributed by atoms with E-state index in [4.69, 9.17) is 26.6 Å². The molecule has 0 unspecified atom stereocenters. The predicted octanol–water partition coefficient (Wildman–Crippen LogP) is 2.63. The molecule has 0 fully saturated rings. The molecule has 3 rings (SSSR count). The zero-order valence-electron chi connectivity index (χ0n) is 14.3. The number of amides is 1. The SMILES string of the molecule is Cc1oncc1C(=O)Nc1ccc(OCCN)c(-c2c(Cl)cnn2C)c1. The summed E-state index contributed by atoms with van der Waals surface area (Å²) in [5.74, 6) is 0.724. The number of halogens is 1. The maximum absolute atomic E-state index is 12.4. The lowest BCUT2D eigenvalue weighted by atomic mass is 10.1. The molecule has 0 spiro atoms. The minimum atomic E-state index is -0.318. The van der Waals surface area contributed by atoms with E-state index < -0.39 is 0 Å². The van der Waals surface area contributed by atoms with Crippen molar-refractivity contribution < 1.29 is 14.1 Å². The molecule has 1 amide bonds. The number of ether oxygens (including phenoxy) is 1. The summed E-state index contributed by atoms with van der Waals surface area (Å²) in [5, 5.41) is 11.1. The normalized spacial score (nSPS) is 10.8. The number of nitrogens with two attached hydrogens (primary N) is 1. The third-order valence-corrected chi connectivity index (χ3v) is 4.03. The lowest BCUT2D eigenvalue weighted by molar-refractivity contribution is 0.102. The second kappa shape index (κ2) is 7.59. The van der Waals surface area contributed by atoms with Crippen LogP contribution in [0.25, 0.3) is 11.3 Å². The summed E-state index contributed by atoms with van der Waals surface area (Å²) in [6, 6.07) is 5.26. The quantitative estimate of drug-likeness (QED) is 0.685. The molecular formula is C17H18ClN5O3. The minimum Gasteiger partial charge on any atom is -0.492 e. The van der Waals surface area contributed by atoms with E-state index in [1.165, 1.54) is 6.20 Å². The van der Waals surface area contributed by atoms with Crippen LogP contribution in [-0.2, 0) is 7.05 Å². The summed E-state index contributed by atoms with van der Waals surface area (Å²) in [4.78, 5) is 12.4. The minimum absolute atomic E-state index is 0.318. The molecule has 0 aliphatic heterocycles. The van der Waals surface area contributed by atoms with Crippen LogP contribution in [0.15, 0.2) is 35.1 Å². The first-order valence-electron chi connectivity index (χ1n) is 7.88. The predicted molar refractivity (Wildman–Crippen MR) is 97.4 cm³/mol. The van der Waals surface area contributed by atoms with Crippen molar-refractivity contribution >= 4 is 23.2 Å². The molecule has 0 aliphatic rings. The van der Waals surface area contributed by atoms with Gasteiger partial charge in [0.05, 0.1) is 23.1 Å². The Morgan fingerprint density at radius 3 is 2.85 bits per heavy atom. The van der Waals surface area contributed by atoms with Gasteiger partial charge in [-0.05, 0) is 25.1 Å². The average molecular weight is 376 g/mol. The van der Waals surface area contributed by atoms with Crippen LogP contribution in [0, 0.1) is 6.92 Å². The number of hydrogen-bond acceptors (Lipinski definition) is 6. The summed E-state index contributed by atoms with van der Waals surface area (Å²) >= 11 is 6.27. The van der Waals surface area contributed by atoms with Gasteiger partial charge in [-0.1, -0.05) is 16.8 Å². The fourth-order valence-corrected chi connectivity index (χ4v) is 2.78. The number of anilines is 1. The molecular weight excluding hydrogens is 358 g/mol. The van der Waals surface area contributed by atoms with E-state index in [1.54, 1.807) is 43.0 Å². The van der Waals surface area contributed by atoms with Crippen LogP contribution in [0.5, 0.6) is 5.75 Å². The van der Waals surface area contributed by atoms with Gasteiger partial charge in [0.25, 0.3) is 5.91 Å². The third-order valence-electron chi connectivity index (χ3n) is 3.76. The van der Waals surface area contributed by atoms with E-state index in [9.17, 15) is 4.79 Å². The van der Waals surface area contributed by atoms with Gasteiger partial charge in [-0.3, -0.25) is 9.48 Å². The lowest BCUT2D eigenvalue weighted by Crippen LogP contribution is -2.13. The molecule has 2 aromatic heterocycles. The van der Waals surface area contributed by atoms with Gasteiger partial charge >= 0.3 is 0 Å². The van der Waals surface area contributed by atoms with Crippen molar-refractivity contribution in [2.45, 2.75) is 6.92 Å². The average Bonchev–Trinajstić information content (AvgIpc) is 3.19. The highest BCUT2D eigenvalue weighted by Crippen LogP contribution is 2.36. The lowest BCUT2D eigenvalue weighted by Gasteiger charge is -2.14. The van der Waals surface area contributed by atoms with Gasteiger partial charge in [0, 0.05) is 24.8 Å². The van der Waals surface area contributed by atoms with Crippen molar-refractivity contribution in [3.8, 4) is 17.0 Å². The summed E-state index contributed by atoms with van der Waals surface area (Å²) in [6.07, 6.45) is 2.93.